The fraction of sp³-hybridized carbons (Fsp3) is 0.130. The van der Waals surface area contributed by atoms with Crippen LogP contribution in [0.25, 0.3) is 0 Å². The summed E-state index contributed by atoms with van der Waals surface area (Å²) in [6.07, 6.45) is 3.85. The number of rotatable bonds is 6. The molecule has 0 saturated heterocycles. The molecule has 32 heavy (non-hydrogen) atoms. The second kappa shape index (κ2) is 11.4. The molecular formula is C23H23F3N4O2. The molecule has 9 heteroatoms. The first-order valence-electron chi connectivity index (χ1n) is 9.60. The van der Waals surface area contributed by atoms with Gasteiger partial charge in [0.1, 0.15) is 0 Å². The van der Waals surface area contributed by atoms with E-state index in [0.29, 0.717) is 11.4 Å². The topological polar surface area (TPSA) is 82.3 Å². The van der Waals surface area contributed by atoms with Crippen molar-refractivity contribution in [1.29, 1.82) is 0 Å². The number of anilines is 3. The van der Waals surface area contributed by atoms with Crippen LogP contribution in [0.5, 0.6) is 0 Å². The van der Waals surface area contributed by atoms with E-state index < -0.39 is 23.8 Å². The fourth-order valence-electron chi connectivity index (χ4n) is 2.52. The molecule has 0 unspecified atom stereocenters. The van der Waals surface area contributed by atoms with Crippen molar-refractivity contribution in [2.75, 3.05) is 16.0 Å². The monoisotopic (exact) mass is 444 g/mol. The number of allylic oxidation sites excluding steroid dienone is 5. The maximum Gasteiger partial charge on any atom is 0.416 e. The van der Waals surface area contributed by atoms with E-state index in [1.54, 1.807) is 67.6 Å². The Kier molecular flexibility index (Phi) is 8.64. The lowest BCUT2D eigenvalue weighted by Crippen LogP contribution is -2.27. The highest BCUT2D eigenvalue weighted by Crippen LogP contribution is 2.33. The lowest BCUT2D eigenvalue weighted by molar-refractivity contribution is -0.137. The molecule has 0 spiro atoms. The zero-order chi connectivity index (χ0) is 23.6. The largest absolute Gasteiger partial charge is 0.416 e. The van der Waals surface area contributed by atoms with Crippen LogP contribution in [0.3, 0.4) is 0 Å². The van der Waals surface area contributed by atoms with Crippen molar-refractivity contribution in [3.05, 3.63) is 90.2 Å². The van der Waals surface area contributed by atoms with E-state index in [1.165, 1.54) is 6.07 Å². The van der Waals surface area contributed by atoms with Gasteiger partial charge < -0.3 is 21.3 Å². The molecule has 4 amide bonds. The van der Waals surface area contributed by atoms with Gasteiger partial charge in [-0.15, -0.1) is 0 Å². The third-order valence-electron chi connectivity index (χ3n) is 3.96. The Labute approximate surface area is 183 Å². The second-order valence-electron chi connectivity index (χ2n) is 6.45. The summed E-state index contributed by atoms with van der Waals surface area (Å²) in [6.45, 7) is 3.53. The molecule has 0 heterocycles. The lowest BCUT2D eigenvalue weighted by atomic mass is 10.1. The van der Waals surface area contributed by atoms with Gasteiger partial charge in [0.15, 0.2) is 0 Å². The van der Waals surface area contributed by atoms with Crippen molar-refractivity contribution in [2.24, 2.45) is 0 Å². The molecule has 0 radical (unpaired) electrons. The normalized spacial score (nSPS) is 12.1. The van der Waals surface area contributed by atoms with Gasteiger partial charge in [0.05, 0.1) is 5.56 Å². The standard InChI is InChI=1S/C23H23F3N4O2/c1-3-5-7-10-17(4-2)27-21(31)29-19-13-16(23(24,25)26)14-20(15-19)30-22(32)28-18-11-8-6-9-12-18/h3-15H,1-2H3,(H2,27,29,31)(H2,28,30,32)/b5-3-,10-7-,17-4+. The first-order chi connectivity index (χ1) is 15.2. The average molecular weight is 444 g/mol. The summed E-state index contributed by atoms with van der Waals surface area (Å²) in [6, 6.07) is 9.76. The molecule has 2 aromatic rings. The SMILES string of the molecule is C\C=C/C=C\C(=C/C)NC(=O)Nc1cc(NC(=O)Nc2ccccc2)cc(C(F)(F)F)c1. The van der Waals surface area contributed by atoms with Crippen LogP contribution in [0.2, 0.25) is 0 Å². The summed E-state index contributed by atoms with van der Waals surface area (Å²) in [5.74, 6) is 0. The van der Waals surface area contributed by atoms with Crippen molar-refractivity contribution < 1.29 is 22.8 Å². The molecule has 6 nitrogen and oxygen atoms in total. The summed E-state index contributed by atoms with van der Waals surface area (Å²) < 4.78 is 40.0. The number of para-hydroxylation sites is 1. The minimum absolute atomic E-state index is 0.136. The molecule has 0 aliphatic carbocycles. The zero-order valence-electron chi connectivity index (χ0n) is 17.5. The van der Waals surface area contributed by atoms with Gasteiger partial charge in [0.25, 0.3) is 0 Å². The first-order valence-corrected chi connectivity index (χ1v) is 9.60. The summed E-state index contributed by atoms with van der Waals surface area (Å²) in [5, 5.41) is 9.76. The number of benzene rings is 2. The summed E-state index contributed by atoms with van der Waals surface area (Å²) in [4.78, 5) is 24.4. The van der Waals surface area contributed by atoms with E-state index in [1.807, 2.05) is 6.92 Å². The molecule has 4 N–H and O–H groups in total. The number of nitrogens with one attached hydrogen (secondary N) is 4. The van der Waals surface area contributed by atoms with Crippen LogP contribution < -0.4 is 21.3 Å². The molecule has 0 saturated carbocycles. The van der Waals surface area contributed by atoms with E-state index in [-0.39, 0.29) is 11.4 Å². The highest BCUT2D eigenvalue weighted by atomic mass is 19.4. The maximum absolute atomic E-state index is 13.3. The third-order valence-corrected chi connectivity index (χ3v) is 3.96. The highest BCUT2D eigenvalue weighted by molar-refractivity contribution is 6.00. The van der Waals surface area contributed by atoms with Crippen LogP contribution >= 0.6 is 0 Å². The van der Waals surface area contributed by atoms with Gasteiger partial charge in [-0.25, -0.2) is 9.59 Å². The molecule has 2 aromatic carbocycles. The van der Waals surface area contributed by atoms with Crippen molar-refractivity contribution in [1.82, 2.24) is 5.32 Å². The van der Waals surface area contributed by atoms with Crippen LogP contribution in [0.15, 0.2) is 84.6 Å². The summed E-state index contributed by atoms with van der Waals surface area (Å²) in [5.41, 5.74) is -0.375. The Hall–Kier alpha value is -4.01. The smallest absolute Gasteiger partial charge is 0.308 e. The molecule has 0 atom stereocenters. The number of alkyl halides is 3. The summed E-state index contributed by atoms with van der Waals surface area (Å²) in [7, 11) is 0. The maximum atomic E-state index is 13.3. The quantitative estimate of drug-likeness (QED) is 0.383. The molecule has 0 bridgehead atoms. The van der Waals surface area contributed by atoms with Crippen molar-refractivity contribution >= 4 is 29.1 Å². The lowest BCUT2D eigenvalue weighted by Gasteiger charge is -2.15. The minimum atomic E-state index is -4.68. The van der Waals surface area contributed by atoms with Crippen molar-refractivity contribution in [3.63, 3.8) is 0 Å². The number of hydrogen-bond donors (Lipinski definition) is 4. The molecule has 168 valence electrons. The van der Waals surface area contributed by atoms with Crippen LogP contribution in [0.1, 0.15) is 19.4 Å². The van der Waals surface area contributed by atoms with E-state index in [0.717, 1.165) is 12.1 Å². The Morgan fingerprint density at radius 3 is 1.97 bits per heavy atom. The number of hydrogen-bond acceptors (Lipinski definition) is 2. The number of urea groups is 2. The predicted octanol–water partition coefficient (Wildman–Crippen LogP) is 6.51. The highest BCUT2D eigenvalue weighted by Gasteiger charge is 2.31. The van der Waals surface area contributed by atoms with Crippen molar-refractivity contribution in [3.8, 4) is 0 Å². The van der Waals surface area contributed by atoms with Gasteiger partial charge in [-0.1, -0.05) is 42.5 Å². The molecule has 0 aromatic heterocycles. The number of amides is 4. The number of carbonyl (C=O) groups is 2. The van der Waals surface area contributed by atoms with E-state index >= 15 is 0 Å². The van der Waals surface area contributed by atoms with E-state index in [9.17, 15) is 22.8 Å². The van der Waals surface area contributed by atoms with Crippen LogP contribution in [-0.4, -0.2) is 12.1 Å². The first kappa shape index (κ1) is 24.3. The van der Waals surface area contributed by atoms with Gasteiger partial charge in [-0.2, -0.15) is 13.2 Å². The van der Waals surface area contributed by atoms with Crippen LogP contribution in [-0.2, 0) is 6.18 Å². The second-order valence-corrected chi connectivity index (χ2v) is 6.45. The van der Waals surface area contributed by atoms with Gasteiger partial charge in [0, 0.05) is 22.8 Å². The van der Waals surface area contributed by atoms with Crippen LogP contribution in [0.4, 0.5) is 39.8 Å². The molecular weight excluding hydrogens is 421 g/mol. The Morgan fingerprint density at radius 1 is 0.812 bits per heavy atom. The van der Waals surface area contributed by atoms with Gasteiger partial charge in [-0.3, -0.25) is 0 Å². The van der Waals surface area contributed by atoms with Crippen LogP contribution in [0, 0.1) is 0 Å². The Morgan fingerprint density at radius 2 is 1.41 bits per heavy atom. The molecule has 0 fully saturated rings. The van der Waals surface area contributed by atoms with Gasteiger partial charge >= 0.3 is 18.2 Å². The van der Waals surface area contributed by atoms with Gasteiger partial charge in [0.2, 0.25) is 0 Å². The summed E-state index contributed by atoms with van der Waals surface area (Å²) >= 11 is 0. The van der Waals surface area contributed by atoms with Gasteiger partial charge in [-0.05, 0) is 50.3 Å². The number of halogens is 3. The van der Waals surface area contributed by atoms with Crippen molar-refractivity contribution in [2.45, 2.75) is 20.0 Å². The van der Waals surface area contributed by atoms with E-state index in [4.69, 9.17) is 0 Å². The Bertz CT molecular complexity index is 1030. The third kappa shape index (κ3) is 8.02. The zero-order valence-corrected chi connectivity index (χ0v) is 17.5. The molecule has 0 aliphatic rings. The number of carbonyl (C=O) groups excluding carboxylic acids is 2. The molecule has 2 rings (SSSR count). The fourth-order valence-corrected chi connectivity index (χ4v) is 2.52. The Balaban J connectivity index is 2.17. The molecule has 0 aliphatic heterocycles. The van der Waals surface area contributed by atoms with E-state index in [2.05, 4.69) is 21.3 Å². The average Bonchev–Trinajstić information content (AvgIpc) is 2.73. The predicted molar refractivity (Wildman–Crippen MR) is 120 cm³/mol. The minimum Gasteiger partial charge on any atom is -0.308 e.